The van der Waals surface area contributed by atoms with Crippen LogP contribution in [0.1, 0.15) is 12.5 Å². The molecule has 0 saturated carbocycles. The number of H-pyrrole nitrogens is 1. The van der Waals surface area contributed by atoms with Crippen molar-refractivity contribution in [3.63, 3.8) is 0 Å². The van der Waals surface area contributed by atoms with Crippen molar-refractivity contribution in [3.05, 3.63) is 56.7 Å². The van der Waals surface area contributed by atoms with Gasteiger partial charge < -0.3 is 5.11 Å². The molecular formula is C13H13N3O3. The van der Waals surface area contributed by atoms with Crippen molar-refractivity contribution in [2.45, 2.75) is 6.92 Å². The van der Waals surface area contributed by atoms with Crippen LogP contribution in [0.15, 0.2) is 44.9 Å². The smallest absolute Gasteiger partial charge is 0.330 e. The van der Waals surface area contributed by atoms with Crippen molar-refractivity contribution < 1.29 is 5.11 Å². The predicted molar refractivity (Wildman–Crippen MR) is 72.3 cm³/mol. The number of rotatable bonds is 2. The van der Waals surface area contributed by atoms with E-state index in [1.807, 2.05) is 18.2 Å². The number of benzene rings is 1. The normalized spacial score (nSPS) is 11.6. The van der Waals surface area contributed by atoms with Crippen LogP contribution in [0.4, 0.5) is 5.69 Å². The summed E-state index contributed by atoms with van der Waals surface area (Å²) in [4.78, 5) is 29.4. The van der Waals surface area contributed by atoms with E-state index in [0.29, 0.717) is 11.4 Å². The summed E-state index contributed by atoms with van der Waals surface area (Å²) in [6, 6.07) is 9.03. The lowest BCUT2D eigenvalue weighted by atomic mass is 10.2. The summed E-state index contributed by atoms with van der Waals surface area (Å²) in [6.07, 6.45) is 0. The van der Waals surface area contributed by atoms with Crippen molar-refractivity contribution >= 4 is 11.4 Å². The van der Waals surface area contributed by atoms with Crippen LogP contribution in [0.3, 0.4) is 0 Å². The minimum Gasteiger partial charge on any atom is -0.494 e. The average molecular weight is 259 g/mol. The minimum atomic E-state index is -0.668. The number of hydrogen-bond donors (Lipinski definition) is 2. The number of nitrogens with one attached hydrogen (secondary N) is 1. The van der Waals surface area contributed by atoms with E-state index >= 15 is 0 Å². The van der Waals surface area contributed by atoms with Crippen LogP contribution in [0.2, 0.25) is 0 Å². The number of aliphatic imine (C=N–C) groups is 1. The minimum absolute atomic E-state index is 0.00838. The van der Waals surface area contributed by atoms with Gasteiger partial charge in [-0.2, -0.15) is 0 Å². The molecule has 0 aliphatic carbocycles. The summed E-state index contributed by atoms with van der Waals surface area (Å²) in [5.41, 5.74) is -0.337. The van der Waals surface area contributed by atoms with Gasteiger partial charge in [0.15, 0.2) is 0 Å². The molecule has 2 N–H and O–H groups in total. The van der Waals surface area contributed by atoms with E-state index in [-0.39, 0.29) is 5.56 Å². The lowest BCUT2D eigenvalue weighted by Crippen LogP contribution is -2.32. The zero-order chi connectivity index (χ0) is 14.0. The molecule has 0 aliphatic rings. The van der Waals surface area contributed by atoms with Gasteiger partial charge in [-0.1, -0.05) is 18.2 Å². The SMILES string of the molecule is CC(=Nc1ccccc1)c1c(O)n(C)c(=O)[nH]c1=O. The Morgan fingerprint density at radius 1 is 1.26 bits per heavy atom. The lowest BCUT2D eigenvalue weighted by Gasteiger charge is -2.06. The van der Waals surface area contributed by atoms with Gasteiger partial charge in [0.25, 0.3) is 5.56 Å². The summed E-state index contributed by atoms with van der Waals surface area (Å²) in [5.74, 6) is -0.397. The summed E-state index contributed by atoms with van der Waals surface area (Å²) in [5, 5.41) is 9.87. The van der Waals surface area contributed by atoms with Crippen LogP contribution in [0, 0.1) is 0 Å². The van der Waals surface area contributed by atoms with Crippen molar-refractivity contribution in [1.29, 1.82) is 0 Å². The molecule has 2 aromatic rings. The van der Waals surface area contributed by atoms with E-state index < -0.39 is 17.1 Å². The van der Waals surface area contributed by atoms with Crippen molar-refractivity contribution in [1.82, 2.24) is 9.55 Å². The number of aromatic hydroxyl groups is 1. The molecule has 6 nitrogen and oxygen atoms in total. The highest BCUT2D eigenvalue weighted by Gasteiger charge is 2.14. The number of para-hydroxylation sites is 1. The van der Waals surface area contributed by atoms with Gasteiger partial charge in [0.05, 0.1) is 11.4 Å². The van der Waals surface area contributed by atoms with Crippen LogP contribution in [-0.2, 0) is 7.05 Å². The van der Waals surface area contributed by atoms with E-state index in [2.05, 4.69) is 9.98 Å². The first-order valence-corrected chi connectivity index (χ1v) is 5.63. The Morgan fingerprint density at radius 2 is 1.89 bits per heavy atom. The summed E-state index contributed by atoms with van der Waals surface area (Å²) in [6.45, 7) is 1.60. The van der Waals surface area contributed by atoms with Crippen LogP contribution in [0.25, 0.3) is 0 Å². The molecule has 98 valence electrons. The molecule has 2 rings (SSSR count). The Hall–Kier alpha value is -2.63. The van der Waals surface area contributed by atoms with Crippen LogP contribution < -0.4 is 11.2 Å². The molecule has 0 atom stereocenters. The Balaban J connectivity index is 2.60. The second-order valence-corrected chi connectivity index (χ2v) is 4.05. The van der Waals surface area contributed by atoms with Gasteiger partial charge >= 0.3 is 5.69 Å². The fraction of sp³-hybridized carbons (Fsp3) is 0.154. The number of aromatic amines is 1. The van der Waals surface area contributed by atoms with E-state index in [4.69, 9.17) is 0 Å². The number of nitrogens with zero attached hydrogens (tertiary/aromatic N) is 2. The zero-order valence-electron chi connectivity index (χ0n) is 10.5. The van der Waals surface area contributed by atoms with E-state index in [9.17, 15) is 14.7 Å². The van der Waals surface area contributed by atoms with Gasteiger partial charge in [0.1, 0.15) is 5.56 Å². The van der Waals surface area contributed by atoms with E-state index in [0.717, 1.165) is 4.57 Å². The summed E-state index contributed by atoms with van der Waals surface area (Å²) < 4.78 is 0.959. The molecule has 0 fully saturated rings. The summed E-state index contributed by atoms with van der Waals surface area (Å²) >= 11 is 0. The molecule has 1 aromatic carbocycles. The van der Waals surface area contributed by atoms with Crippen molar-refractivity contribution in [3.8, 4) is 5.88 Å². The number of aromatic nitrogens is 2. The molecule has 6 heteroatoms. The molecule has 0 amide bonds. The van der Waals surface area contributed by atoms with Crippen LogP contribution in [0.5, 0.6) is 5.88 Å². The molecule has 0 unspecified atom stereocenters. The third-order valence-electron chi connectivity index (χ3n) is 2.71. The molecule has 0 saturated heterocycles. The molecule has 19 heavy (non-hydrogen) atoms. The van der Waals surface area contributed by atoms with Gasteiger partial charge in [-0.3, -0.25) is 19.3 Å². The fourth-order valence-corrected chi connectivity index (χ4v) is 1.69. The molecule has 0 radical (unpaired) electrons. The van der Waals surface area contributed by atoms with Crippen LogP contribution >= 0.6 is 0 Å². The van der Waals surface area contributed by atoms with Gasteiger partial charge in [-0.05, 0) is 19.1 Å². The number of hydrogen-bond acceptors (Lipinski definition) is 4. The first-order chi connectivity index (χ1) is 9.00. The fourth-order valence-electron chi connectivity index (χ4n) is 1.69. The molecule has 0 spiro atoms. The van der Waals surface area contributed by atoms with E-state index in [1.165, 1.54) is 7.05 Å². The maximum atomic E-state index is 11.7. The molecule has 0 bridgehead atoms. The summed E-state index contributed by atoms with van der Waals surface area (Å²) in [7, 11) is 1.37. The largest absolute Gasteiger partial charge is 0.494 e. The molecule has 0 aliphatic heterocycles. The maximum absolute atomic E-state index is 11.7. The van der Waals surface area contributed by atoms with Crippen molar-refractivity contribution in [2.75, 3.05) is 0 Å². The Labute approximate surface area is 108 Å². The first-order valence-electron chi connectivity index (χ1n) is 5.63. The van der Waals surface area contributed by atoms with Gasteiger partial charge in [-0.25, -0.2) is 4.79 Å². The van der Waals surface area contributed by atoms with Crippen molar-refractivity contribution in [2.24, 2.45) is 12.0 Å². The molecule has 1 heterocycles. The first kappa shape index (κ1) is 12.8. The molecular weight excluding hydrogens is 246 g/mol. The average Bonchev–Trinajstić information content (AvgIpc) is 2.37. The van der Waals surface area contributed by atoms with E-state index in [1.54, 1.807) is 19.1 Å². The third-order valence-corrected chi connectivity index (χ3v) is 2.71. The standard InChI is InChI=1S/C13H13N3O3/c1-8(14-9-6-4-3-5-7-9)10-11(17)15-13(19)16(2)12(10)18/h3-7,18H,1-2H3,(H,15,17,19). The third kappa shape index (κ3) is 2.47. The van der Waals surface area contributed by atoms with Gasteiger partial charge in [0, 0.05) is 7.05 Å². The second kappa shape index (κ2) is 4.93. The predicted octanol–water partition coefficient (Wildman–Crippen LogP) is 0.920. The highest BCUT2D eigenvalue weighted by atomic mass is 16.3. The quantitative estimate of drug-likeness (QED) is 0.786. The van der Waals surface area contributed by atoms with Gasteiger partial charge in [-0.15, -0.1) is 0 Å². The highest BCUT2D eigenvalue weighted by molar-refractivity contribution is 6.01. The molecule has 1 aromatic heterocycles. The Kier molecular flexibility index (Phi) is 3.33. The second-order valence-electron chi connectivity index (χ2n) is 4.05. The van der Waals surface area contributed by atoms with Gasteiger partial charge in [0.2, 0.25) is 5.88 Å². The Morgan fingerprint density at radius 3 is 2.53 bits per heavy atom. The van der Waals surface area contributed by atoms with Crippen LogP contribution in [-0.4, -0.2) is 20.4 Å². The highest BCUT2D eigenvalue weighted by Crippen LogP contribution is 2.15. The zero-order valence-corrected chi connectivity index (χ0v) is 10.5. The Bertz CT molecular complexity index is 742. The maximum Gasteiger partial charge on any atom is 0.330 e. The lowest BCUT2D eigenvalue weighted by molar-refractivity contribution is 0.416. The monoisotopic (exact) mass is 259 g/mol. The topological polar surface area (TPSA) is 87.4 Å².